The van der Waals surface area contributed by atoms with Gasteiger partial charge in [-0.05, 0) is 24.6 Å². The third-order valence-electron chi connectivity index (χ3n) is 2.33. The monoisotopic (exact) mass is 233 g/mol. The lowest BCUT2D eigenvalue weighted by atomic mass is 10.2. The summed E-state index contributed by atoms with van der Waals surface area (Å²) in [6.45, 7) is 2.01. The Labute approximate surface area is 99.9 Å². The second kappa shape index (κ2) is 4.99. The normalized spacial score (nSPS) is 10.1. The first-order valence-corrected chi connectivity index (χ1v) is 5.57. The molecular formula is C13H12ClNO. The number of alkyl halides is 1. The van der Waals surface area contributed by atoms with Gasteiger partial charge in [0.05, 0.1) is 12.1 Å². The second-order valence-corrected chi connectivity index (χ2v) is 3.75. The number of hydrogen-bond donors (Lipinski definition) is 0. The molecule has 0 unspecified atom stereocenters. The van der Waals surface area contributed by atoms with Gasteiger partial charge in [0.15, 0.2) is 0 Å². The lowest BCUT2D eigenvalue weighted by Crippen LogP contribution is -1.92. The molecule has 0 atom stereocenters. The molecule has 82 valence electrons. The largest absolute Gasteiger partial charge is 0.455 e. The van der Waals surface area contributed by atoms with Gasteiger partial charge in [0.1, 0.15) is 11.5 Å². The molecule has 16 heavy (non-hydrogen) atoms. The average molecular weight is 234 g/mol. The van der Waals surface area contributed by atoms with E-state index in [-0.39, 0.29) is 0 Å². The van der Waals surface area contributed by atoms with Crippen molar-refractivity contribution in [1.29, 1.82) is 0 Å². The van der Waals surface area contributed by atoms with Crippen molar-refractivity contribution in [3.63, 3.8) is 0 Å². The molecule has 0 saturated heterocycles. The molecule has 1 heterocycles. The Balaban J connectivity index is 2.30. The molecule has 3 heteroatoms. The summed E-state index contributed by atoms with van der Waals surface area (Å²) < 4.78 is 5.78. The molecule has 0 fully saturated rings. The number of halogens is 1. The molecule has 0 aliphatic heterocycles. The number of hydrogen-bond acceptors (Lipinski definition) is 2. The zero-order valence-electron chi connectivity index (χ0n) is 8.98. The van der Waals surface area contributed by atoms with Gasteiger partial charge >= 0.3 is 0 Å². The number of nitrogens with zero attached hydrogens (tertiary/aromatic N) is 1. The van der Waals surface area contributed by atoms with Crippen LogP contribution in [0.15, 0.2) is 42.7 Å². The van der Waals surface area contributed by atoms with E-state index in [2.05, 4.69) is 4.98 Å². The third kappa shape index (κ3) is 2.34. The van der Waals surface area contributed by atoms with Gasteiger partial charge in [-0.1, -0.05) is 18.2 Å². The van der Waals surface area contributed by atoms with E-state index < -0.39 is 0 Å². The van der Waals surface area contributed by atoms with E-state index in [0.29, 0.717) is 11.6 Å². The number of ether oxygens (including phenoxy) is 1. The highest BCUT2D eigenvalue weighted by atomic mass is 35.5. The average Bonchev–Trinajstić information content (AvgIpc) is 2.33. The first-order valence-electron chi connectivity index (χ1n) is 5.03. The molecular weight excluding hydrogens is 222 g/mol. The molecule has 0 N–H and O–H groups in total. The quantitative estimate of drug-likeness (QED) is 0.750. The minimum Gasteiger partial charge on any atom is -0.455 e. The van der Waals surface area contributed by atoms with Crippen LogP contribution in [0.3, 0.4) is 0 Å². The molecule has 1 aromatic heterocycles. The molecule has 0 aliphatic rings. The molecule has 1 aromatic carbocycles. The second-order valence-electron chi connectivity index (χ2n) is 3.48. The maximum absolute atomic E-state index is 5.83. The molecule has 0 bridgehead atoms. The maximum atomic E-state index is 5.83. The highest BCUT2D eigenvalue weighted by Gasteiger charge is 2.05. The predicted octanol–water partition coefficient (Wildman–Crippen LogP) is 3.92. The van der Waals surface area contributed by atoms with E-state index >= 15 is 0 Å². The van der Waals surface area contributed by atoms with Crippen molar-refractivity contribution < 1.29 is 4.74 Å². The minimum atomic E-state index is 0.420. The Kier molecular flexibility index (Phi) is 3.42. The summed E-state index contributed by atoms with van der Waals surface area (Å²) in [5, 5.41) is 0. The highest BCUT2D eigenvalue weighted by Crippen LogP contribution is 2.27. The molecule has 0 radical (unpaired) electrons. The van der Waals surface area contributed by atoms with Crippen molar-refractivity contribution in [3.05, 3.63) is 53.9 Å². The van der Waals surface area contributed by atoms with E-state index in [4.69, 9.17) is 16.3 Å². The fourth-order valence-corrected chi connectivity index (χ4v) is 1.62. The van der Waals surface area contributed by atoms with Crippen LogP contribution in [-0.4, -0.2) is 4.98 Å². The van der Waals surface area contributed by atoms with Gasteiger partial charge in [-0.25, -0.2) is 0 Å². The predicted molar refractivity (Wildman–Crippen MR) is 65.0 cm³/mol. The number of aromatic nitrogens is 1. The van der Waals surface area contributed by atoms with Gasteiger partial charge in [-0.2, -0.15) is 0 Å². The van der Waals surface area contributed by atoms with Crippen molar-refractivity contribution in [2.24, 2.45) is 0 Å². The van der Waals surface area contributed by atoms with Gasteiger partial charge in [-0.3, -0.25) is 4.98 Å². The van der Waals surface area contributed by atoms with E-state index in [9.17, 15) is 0 Å². The van der Waals surface area contributed by atoms with E-state index in [1.807, 2.05) is 37.3 Å². The Morgan fingerprint density at radius 2 is 2.00 bits per heavy atom. The number of pyridine rings is 1. The van der Waals surface area contributed by atoms with Crippen molar-refractivity contribution in [2.75, 3.05) is 0 Å². The van der Waals surface area contributed by atoms with E-state index in [1.54, 1.807) is 12.4 Å². The number of rotatable bonds is 3. The summed E-state index contributed by atoms with van der Waals surface area (Å²) in [4.78, 5) is 4.04. The zero-order valence-corrected chi connectivity index (χ0v) is 9.74. The molecule has 2 aromatic rings. The first kappa shape index (κ1) is 11.0. The zero-order chi connectivity index (χ0) is 11.4. The van der Waals surface area contributed by atoms with Gasteiger partial charge < -0.3 is 4.74 Å². The summed E-state index contributed by atoms with van der Waals surface area (Å²) in [5.74, 6) is 1.97. The summed E-state index contributed by atoms with van der Waals surface area (Å²) in [5.41, 5.74) is 2.03. The van der Waals surface area contributed by atoms with Gasteiger partial charge in [0.25, 0.3) is 0 Å². The number of aryl methyl sites for hydroxylation is 1. The summed E-state index contributed by atoms with van der Waals surface area (Å²) >= 11 is 5.83. The molecule has 2 rings (SSSR count). The van der Waals surface area contributed by atoms with Crippen LogP contribution in [0.5, 0.6) is 11.5 Å². The molecule has 2 nitrogen and oxygen atoms in total. The summed E-state index contributed by atoms with van der Waals surface area (Å²) in [7, 11) is 0. The third-order valence-corrected chi connectivity index (χ3v) is 2.62. The molecule has 0 spiro atoms. The number of para-hydroxylation sites is 1. The van der Waals surface area contributed by atoms with Crippen LogP contribution in [0.25, 0.3) is 0 Å². The summed E-state index contributed by atoms with van der Waals surface area (Å²) in [6.07, 6.45) is 3.40. The molecule has 0 amide bonds. The van der Waals surface area contributed by atoms with Crippen molar-refractivity contribution in [2.45, 2.75) is 12.8 Å². The lowest BCUT2D eigenvalue weighted by Gasteiger charge is -2.10. The fraction of sp³-hybridized carbons (Fsp3) is 0.154. The Morgan fingerprint density at radius 1 is 1.19 bits per heavy atom. The molecule has 0 aliphatic carbocycles. The molecule has 0 saturated carbocycles. The maximum Gasteiger partial charge on any atom is 0.150 e. The minimum absolute atomic E-state index is 0.420. The van der Waals surface area contributed by atoms with Crippen LogP contribution in [0.4, 0.5) is 0 Å². The first-order chi connectivity index (χ1) is 7.81. The van der Waals surface area contributed by atoms with E-state index in [1.165, 1.54) is 0 Å². The Bertz CT molecular complexity index is 485. The fourth-order valence-electron chi connectivity index (χ4n) is 1.40. The van der Waals surface area contributed by atoms with Crippen LogP contribution in [-0.2, 0) is 5.88 Å². The van der Waals surface area contributed by atoms with Crippen LogP contribution in [0, 0.1) is 6.92 Å². The van der Waals surface area contributed by atoms with Crippen LogP contribution >= 0.6 is 11.6 Å². The van der Waals surface area contributed by atoms with E-state index in [0.717, 1.165) is 16.9 Å². The Morgan fingerprint density at radius 3 is 2.75 bits per heavy atom. The smallest absolute Gasteiger partial charge is 0.150 e. The SMILES string of the molecule is Cc1ccccc1Oc1cnccc1CCl. The van der Waals surface area contributed by atoms with Crippen molar-refractivity contribution in [3.8, 4) is 11.5 Å². The Hall–Kier alpha value is -1.54. The van der Waals surface area contributed by atoms with Crippen LogP contribution in [0.1, 0.15) is 11.1 Å². The van der Waals surface area contributed by atoms with Crippen LogP contribution < -0.4 is 4.74 Å². The number of benzene rings is 1. The topological polar surface area (TPSA) is 22.1 Å². The van der Waals surface area contributed by atoms with Gasteiger partial charge in [0, 0.05) is 11.8 Å². The van der Waals surface area contributed by atoms with Crippen molar-refractivity contribution >= 4 is 11.6 Å². The standard InChI is InChI=1S/C13H12ClNO/c1-10-4-2-3-5-12(10)16-13-9-15-7-6-11(13)8-14/h2-7,9H,8H2,1H3. The van der Waals surface area contributed by atoms with Crippen molar-refractivity contribution in [1.82, 2.24) is 4.98 Å². The highest BCUT2D eigenvalue weighted by molar-refractivity contribution is 6.17. The van der Waals surface area contributed by atoms with Crippen LogP contribution in [0.2, 0.25) is 0 Å². The van der Waals surface area contributed by atoms with Gasteiger partial charge in [-0.15, -0.1) is 11.6 Å². The van der Waals surface area contributed by atoms with Gasteiger partial charge in [0.2, 0.25) is 0 Å². The lowest BCUT2D eigenvalue weighted by molar-refractivity contribution is 0.472. The summed E-state index contributed by atoms with van der Waals surface area (Å²) in [6, 6.07) is 9.72.